The van der Waals surface area contributed by atoms with E-state index in [2.05, 4.69) is 26.0 Å². The molecule has 0 fully saturated rings. The highest BCUT2D eigenvalue weighted by Gasteiger charge is 2.29. The molecule has 4 amide bonds. The Morgan fingerprint density at radius 1 is 0.923 bits per heavy atom. The molecule has 0 aromatic heterocycles. The maximum absolute atomic E-state index is 12.9. The SMILES string of the molecule is COC(=O)CNC(=O)[C@H](CSC(=O)[C@H](C)NC(=O)OCc1ccccc1)NC(=O)[C@H](CC(C)C)NC(=O)CN. The van der Waals surface area contributed by atoms with Gasteiger partial charge in [-0.3, -0.25) is 24.0 Å². The van der Waals surface area contributed by atoms with E-state index in [1.54, 1.807) is 24.3 Å². The van der Waals surface area contributed by atoms with Crippen molar-refractivity contribution in [1.82, 2.24) is 21.3 Å². The Kier molecular flexibility index (Phi) is 15.2. The Balaban J connectivity index is 2.81. The van der Waals surface area contributed by atoms with E-state index < -0.39 is 59.6 Å². The summed E-state index contributed by atoms with van der Waals surface area (Å²) in [5.41, 5.74) is 6.12. The zero-order valence-electron chi connectivity index (χ0n) is 22.5. The number of alkyl carbamates (subject to hydrolysis) is 1. The van der Waals surface area contributed by atoms with Gasteiger partial charge in [0.15, 0.2) is 0 Å². The molecule has 0 aliphatic carbocycles. The highest BCUT2D eigenvalue weighted by Crippen LogP contribution is 2.11. The molecule has 0 radical (unpaired) electrons. The van der Waals surface area contributed by atoms with Gasteiger partial charge in [-0.05, 0) is 24.8 Å². The number of thioether (sulfide) groups is 1. The molecule has 0 unspecified atom stereocenters. The summed E-state index contributed by atoms with van der Waals surface area (Å²) in [4.78, 5) is 73.7. The Morgan fingerprint density at radius 2 is 1.59 bits per heavy atom. The Hall–Kier alpha value is -3.65. The summed E-state index contributed by atoms with van der Waals surface area (Å²) < 4.78 is 9.61. The molecule has 39 heavy (non-hydrogen) atoms. The normalized spacial score (nSPS) is 12.9. The van der Waals surface area contributed by atoms with Gasteiger partial charge in [-0.1, -0.05) is 55.9 Å². The van der Waals surface area contributed by atoms with E-state index in [0.29, 0.717) is 11.8 Å². The van der Waals surface area contributed by atoms with E-state index >= 15 is 0 Å². The van der Waals surface area contributed by atoms with Gasteiger partial charge in [0.25, 0.3) is 0 Å². The van der Waals surface area contributed by atoms with Gasteiger partial charge in [0.1, 0.15) is 25.2 Å². The fourth-order valence-corrected chi connectivity index (χ4v) is 3.93. The molecule has 0 saturated carbocycles. The molecular formula is C25H37N5O8S. The van der Waals surface area contributed by atoms with E-state index in [-0.39, 0.29) is 31.2 Å². The van der Waals surface area contributed by atoms with Gasteiger partial charge in [0.2, 0.25) is 22.8 Å². The van der Waals surface area contributed by atoms with E-state index in [4.69, 9.17) is 10.5 Å². The molecule has 0 spiro atoms. The van der Waals surface area contributed by atoms with Crippen molar-refractivity contribution < 1.29 is 38.2 Å². The quantitative estimate of drug-likeness (QED) is 0.177. The summed E-state index contributed by atoms with van der Waals surface area (Å²) in [6.45, 7) is 4.39. The van der Waals surface area contributed by atoms with Crippen LogP contribution in [0.25, 0.3) is 0 Å². The molecule has 0 bridgehead atoms. The first kappa shape index (κ1) is 33.4. The summed E-state index contributed by atoms with van der Waals surface area (Å²) in [5.74, 6) is -2.86. The maximum Gasteiger partial charge on any atom is 0.408 e. The second-order valence-electron chi connectivity index (χ2n) is 8.87. The van der Waals surface area contributed by atoms with E-state index in [1.807, 2.05) is 19.9 Å². The van der Waals surface area contributed by atoms with Crippen LogP contribution in [0.1, 0.15) is 32.8 Å². The topological polar surface area (TPSA) is 195 Å². The standard InChI is InChI=1S/C25H37N5O8S/c1-15(2)10-18(29-20(31)11-26)23(34)30-19(22(33)27-12-21(32)37-4)14-39-24(35)16(3)28-25(36)38-13-17-8-6-5-7-9-17/h5-9,15-16,18-19H,10-14,26H2,1-4H3,(H,27,33)(H,28,36)(H,29,31)(H,30,34)/t16-,18-,19-/m0/s1. The minimum atomic E-state index is -1.25. The fourth-order valence-electron chi connectivity index (χ4n) is 3.06. The smallest absolute Gasteiger partial charge is 0.408 e. The molecule has 14 heteroatoms. The van der Waals surface area contributed by atoms with Crippen LogP contribution in [-0.2, 0) is 40.1 Å². The number of hydrogen-bond donors (Lipinski definition) is 5. The van der Waals surface area contributed by atoms with E-state index in [9.17, 15) is 28.8 Å². The number of carbonyl (C=O) groups excluding carboxylic acids is 6. The molecular weight excluding hydrogens is 530 g/mol. The minimum absolute atomic E-state index is 0.0213. The van der Waals surface area contributed by atoms with Crippen molar-refractivity contribution in [2.75, 3.05) is 26.0 Å². The average Bonchev–Trinajstić information content (AvgIpc) is 2.91. The van der Waals surface area contributed by atoms with Crippen LogP contribution in [0, 0.1) is 5.92 Å². The number of nitrogens with two attached hydrogens (primary N) is 1. The monoisotopic (exact) mass is 567 g/mol. The molecule has 0 saturated heterocycles. The first-order valence-electron chi connectivity index (χ1n) is 12.2. The lowest BCUT2D eigenvalue weighted by Crippen LogP contribution is -2.56. The van der Waals surface area contributed by atoms with Crippen LogP contribution in [0.3, 0.4) is 0 Å². The molecule has 1 aromatic carbocycles. The number of esters is 1. The summed E-state index contributed by atoms with van der Waals surface area (Å²) in [5, 5.41) is 9.30. The molecule has 0 aliphatic heterocycles. The van der Waals surface area contributed by atoms with Crippen molar-refractivity contribution in [1.29, 1.82) is 0 Å². The number of benzene rings is 1. The highest BCUT2D eigenvalue weighted by molar-refractivity contribution is 8.13. The van der Waals surface area contributed by atoms with Crippen LogP contribution in [0.4, 0.5) is 4.79 Å². The molecule has 3 atom stereocenters. The largest absolute Gasteiger partial charge is 0.468 e. The minimum Gasteiger partial charge on any atom is -0.468 e. The number of carbonyl (C=O) groups is 6. The molecule has 6 N–H and O–H groups in total. The lowest BCUT2D eigenvalue weighted by atomic mass is 10.0. The van der Waals surface area contributed by atoms with Crippen LogP contribution in [0.5, 0.6) is 0 Å². The van der Waals surface area contributed by atoms with E-state index in [1.165, 1.54) is 6.92 Å². The molecule has 0 aliphatic rings. The molecule has 1 rings (SSSR count). The van der Waals surface area contributed by atoms with Gasteiger partial charge in [-0.2, -0.15) is 0 Å². The molecule has 13 nitrogen and oxygen atoms in total. The second kappa shape index (κ2) is 17.8. The van der Waals surface area contributed by atoms with E-state index in [0.717, 1.165) is 12.7 Å². The number of amides is 4. The van der Waals surface area contributed by atoms with Gasteiger partial charge in [-0.25, -0.2) is 4.79 Å². The van der Waals surface area contributed by atoms with Crippen molar-refractivity contribution in [3.8, 4) is 0 Å². The van der Waals surface area contributed by atoms with Crippen molar-refractivity contribution in [3.63, 3.8) is 0 Å². The molecule has 216 valence electrons. The fraction of sp³-hybridized carbons (Fsp3) is 0.520. The van der Waals surface area contributed by atoms with Gasteiger partial charge < -0.3 is 36.5 Å². The maximum atomic E-state index is 12.9. The van der Waals surface area contributed by atoms with Crippen molar-refractivity contribution >= 4 is 46.7 Å². The third kappa shape index (κ3) is 13.6. The van der Waals surface area contributed by atoms with Crippen LogP contribution in [0.15, 0.2) is 30.3 Å². The zero-order chi connectivity index (χ0) is 29.4. The van der Waals surface area contributed by atoms with Gasteiger partial charge in [-0.15, -0.1) is 0 Å². The number of methoxy groups -OCH3 is 1. The predicted octanol–water partition coefficient (Wildman–Crippen LogP) is -0.175. The third-order valence-corrected chi connectivity index (χ3v) is 6.24. The van der Waals surface area contributed by atoms with Crippen LogP contribution >= 0.6 is 11.8 Å². The number of ether oxygens (including phenoxy) is 2. The van der Waals surface area contributed by atoms with Gasteiger partial charge in [0, 0.05) is 5.75 Å². The van der Waals surface area contributed by atoms with Gasteiger partial charge in [0.05, 0.1) is 19.7 Å². The highest BCUT2D eigenvalue weighted by atomic mass is 32.2. The van der Waals surface area contributed by atoms with Crippen LogP contribution in [0.2, 0.25) is 0 Å². The summed E-state index contributed by atoms with van der Waals surface area (Å²) in [6.07, 6.45) is -0.528. The van der Waals surface area contributed by atoms with Crippen molar-refractivity contribution in [2.45, 2.75) is 51.9 Å². The Morgan fingerprint density at radius 3 is 2.18 bits per heavy atom. The predicted molar refractivity (Wildman–Crippen MR) is 144 cm³/mol. The first-order chi connectivity index (χ1) is 18.5. The summed E-state index contributed by atoms with van der Waals surface area (Å²) in [6, 6.07) is 5.80. The second-order valence-corrected chi connectivity index (χ2v) is 9.89. The van der Waals surface area contributed by atoms with Crippen molar-refractivity contribution in [3.05, 3.63) is 35.9 Å². The Bertz CT molecular complexity index is 992. The first-order valence-corrected chi connectivity index (χ1v) is 13.2. The third-order valence-electron chi connectivity index (χ3n) is 5.10. The molecule has 1 aromatic rings. The van der Waals surface area contributed by atoms with Gasteiger partial charge >= 0.3 is 12.1 Å². The molecule has 0 heterocycles. The summed E-state index contributed by atoms with van der Waals surface area (Å²) in [7, 11) is 1.15. The Labute approximate surface area is 231 Å². The van der Waals surface area contributed by atoms with Crippen LogP contribution in [-0.4, -0.2) is 79.0 Å². The average molecular weight is 568 g/mol. The number of hydrogen-bond acceptors (Lipinski definition) is 10. The number of rotatable bonds is 15. The van der Waals surface area contributed by atoms with Crippen LogP contribution < -0.4 is 27.0 Å². The number of nitrogens with one attached hydrogen (secondary N) is 4. The summed E-state index contributed by atoms with van der Waals surface area (Å²) >= 11 is 0.695. The zero-order valence-corrected chi connectivity index (χ0v) is 23.3. The lowest BCUT2D eigenvalue weighted by molar-refractivity contribution is -0.141. The van der Waals surface area contributed by atoms with Crippen molar-refractivity contribution in [2.24, 2.45) is 11.7 Å². The lowest BCUT2D eigenvalue weighted by Gasteiger charge is -2.24.